The molecule has 0 aliphatic rings. The maximum Gasteiger partial charge on any atom is 0.290 e. The van der Waals surface area contributed by atoms with Crippen molar-refractivity contribution in [1.82, 2.24) is 14.5 Å². The third-order valence-electron chi connectivity index (χ3n) is 5.74. The van der Waals surface area contributed by atoms with Gasteiger partial charge in [0.2, 0.25) is 0 Å². The Morgan fingerprint density at radius 3 is 2.50 bits per heavy atom. The summed E-state index contributed by atoms with van der Waals surface area (Å²) in [5.41, 5.74) is 0.956. The van der Waals surface area contributed by atoms with Crippen molar-refractivity contribution in [3.05, 3.63) is 88.9 Å². The van der Waals surface area contributed by atoms with Crippen molar-refractivity contribution in [3.63, 3.8) is 0 Å². The van der Waals surface area contributed by atoms with Crippen LogP contribution in [0.2, 0.25) is 0 Å². The van der Waals surface area contributed by atoms with Crippen LogP contribution in [-0.4, -0.2) is 34.0 Å². The van der Waals surface area contributed by atoms with Gasteiger partial charge in [-0.1, -0.05) is 45.0 Å². The summed E-state index contributed by atoms with van der Waals surface area (Å²) in [6.45, 7) is 6.57. The highest BCUT2D eigenvalue weighted by Gasteiger charge is 2.31. The zero-order chi connectivity index (χ0) is 24.2. The minimum atomic E-state index is -0.470. The second kappa shape index (κ2) is 9.95. The highest BCUT2D eigenvalue weighted by molar-refractivity contribution is 5.91. The van der Waals surface area contributed by atoms with E-state index in [0.29, 0.717) is 41.1 Å². The standard InChI is InChI=1S/C27H29N3O4/c1-5-21(29(17-18(2)3)27(32)24-15-10-16-34-24)25-28-20-12-7-6-11-19(20)26(31)30(25)22-13-8-9-14-23(22)33-4/h6-16,18,21H,5,17H2,1-4H3. The molecule has 0 N–H and O–H groups in total. The number of rotatable bonds is 8. The molecule has 0 spiro atoms. The van der Waals surface area contributed by atoms with E-state index in [0.717, 1.165) is 0 Å². The first-order chi connectivity index (χ1) is 16.5. The fourth-order valence-electron chi connectivity index (χ4n) is 4.25. The summed E-state index contributed by atoms with van der Waals surface area (Å²) in [6, 6.07) is 17.5. The van der Waals surface area contributed by atoms with Gasteiger partial charge in [-0.2, -0.15) is 0 Å². The third-order valence-corrected chi connectivity index (χ3v) is 5.74. The molecule has 0 bridgehead atoms. The molecule has 1 amide bonds. The van der Waals surface area contributed by atoms with Crippen LogP contribution in [0.1, 0.15) is 49.6 Å². The summed E-state index contributed by atoms with van der Waals surface area (Å²) in [4.78, 5) is 34.0. The normalized spacial score (nSPS) is 12.1. The molecular weight excluding hydrogens is 430 g/mol. The van der Waals surface area contributed by atoms with Crippen LogP contribution in [0, 0.1) is 5.92 Å². The van der Waals surface area contributed by atoms with Crippen molar-refractivity contribution in [2.24, 2.45) is 5.92 Å². The molecule has 34 heavy (non-hydrogen) atoms. The number of hydrogen-bond donors (Lipinski definition) is 0. The minimum Gasteiger partial charge on any atom is -0.495 e. The van der Waals surface area contributed by atoms with Gasteiger partial charge >= 0.3 is 0 Å². The zero-order valence-electron chi connectivity index (χ0n) is 19.9. The number of methoxy groups -OCH3 is 1. The smallest absolute Gasteiger partial charge is 0.290 e. The van der Waals surface area contributed by atoms with Crippen molar-refractivity contribution in [1.29, 1.82) is 0 Å². The number of hydrogen-bond acceptors (Lipinski definition) is 5. The Kier molecular flexibility index (Phi) is 6.82. The molecule has 7 heteroatoms. The van der Waals surface area contributed by atoms with Crippen molar-refractivity contribution in [2.75, 3.05) is 13.7 Å². The Hall–Kier alpha value is -3.87. The molecule has 0 aliphatic heterocycles. The zero-order valence-corrected chi connectivity index (χ0v) is 19.9. The summed E-state index contributed by atoms with van der Waals surface area (Å²) in [6.07, 6.45) is 2.04. The van der Waals surface area contributed by atoms with Crippen molar-refractivity contribution in [3.8, 4) is 11.4 Å². The van der Waals surface area contributed by atoms with Gasteiger partial charge in [0.15, 0.2) is 5.76 Å². The Balaban J connectivity index is 2.00. The molecule has 0 fully saturated rings. The van der Waals surface area contributed by atoms with E-state index in [4.69, 9.17) is 14.1 Å². The predicted octanol–water partition coefficient (Wildman–Crippen LogP) is 5.24. The van der Waals surface area contributed by atoms with Gasteiger partial charge in [0.05, 0.1) is 36.0 Å². The first-order valence-corrected chi connectivity index (χ1v) is 11.5. The number of ether oxygens (including phenoxy) is 1. The highest BCUT2D eigenvalue weighted by atomic mass is 16.5. The van der Waals surface area contributed by atoms with E-state index in [1.807, 2.05) is 49.4 Å². The van der Waals surface area contributed by atoms with E-state index in [1.165, 1.54) is 6.26 Å². The Labute approximate surface area is 198 Å². The van der Waals surface area contributed by atoms with Gasteiger partial charge < -0.3 is 14.1 Å². The van der Waals surface area contributed by atoms with Gasteiger partial charge in [-0.3, -0.25) is 14.2 Å². The lowest BCUT2D eigenvalue weighted by molar-refractivity contribution is 0.0598. The molecule has 1 unspecified atom stereocenters. The van der Waals surface area contributed by atoms with Crippen LogP contribution >= 0.6 is 0 Å². The number of furan rings is 1. The maximum atomic E-state index is 13.8. The fraction of sp³-hybridized carbons (Fsp3) is 0.296. The van der Waals surface area contributed by atoms with Gasteiger partial charge in [-0.15, -0.1) is 0 Å². The van der Waals surface area contributed by atoms with Gasteiger partial charge in [-0.25, -0.2) is 4.98 Å². The largest absolute Gasteiger partial charge is 0.495 e. The minimum absolute atomic E-state index is 0.194. The summed E-state index contributed by atoms with van der Waals surface area (Å²) in [7, 11) is 1.57. The number of nitrogens with zero attached hydrogens (tertiary/aromatic N) is 3. The van der Waals surface area contributed by atoms with E-state index < -0.39 is 6.04 Å². The number of fused-ring (bicyclic) bond motifs is 1. The Morgan fingerprint density at radius 2 is 1.82 bits per heavy atom. The lowest BCUT2D eigenvalue weighted by Crippen LogP contribution is -2.40. The van der Waals surface area contributed by atoms with E-state index in [1.54, 1.807) is 34.8 Å². The van der Waals surface area contributed by atoms with E-state index in [2.05, 4.69) is 13.8 Å². The average molecular weight is 460 g/mol. The van der Waals surface area contributed by atoms with Crippen molar-refractivity contribution in [2.45, 2.75) is 33.2 Å². The molecule has 0 aliphatic carbocycles. The Bertz CT molecular complexity index is 1340. The van der Waals surface area contributed by atoms with Crippen LogP contribution in [0.5, 0.6) is 5.75 Å². The number of carbonyl (C=O) groups is 1. The summed E-state index contributed by atoms with van der Waals surface area (Å²) in [5.74, 6) is 1.24. The van der Waals surface area contributed by atoms with Crippen LogP contribution < -0.4 is 10.3 Å². The molecular formula is C27H29N3O4. The predicted molar refractivity (Wildman–Crippen MR) is 132 cm³/mol. The van der Waals surface area contributed by atoms with Crippen molar-refractivity contribution < 1.29 is 13.9 Å². The summed E-state index contributed by atoms with van der Waals surface area (Å²) < 4.78 is 12.6. The van der Waals surface area contributed by atoms with E-state index >= 15 is 0 Å². The van der Waals surface area contributed by atoms with Crippen molar-refractivity contribution >= 4 is 16.8 Å². The van der Waals surface area contributed by atoms with Crippen LogP contribution in [0.15, 0.2) is 76.1 Å². The van der Waals surface area contributed by atoms with Crippen LogP contribution in [0.25, 0.3) is 16.6 Å². The maximum absolute atomic E-state index is 13.8. The monoisotopic (exact) mass is 459 g/mol. The first-order valence-electron chi connectivity index (χ1n) is 11.5. The molecule has 0 saturated heterocycles. The first kappa shape index (κ1) is 23.3. The number of para-hydroxylation sites is 3. The van der Waals surface area contributed by atoms with E-state index in [-0.39, 0.29) is 23.1 Å². The van der Waals surface area contributed by atoms with Crippen LogP contribution in [0.3, 0.4) is 0 Å². The molecule has 4 rings (SSSR count). The molecule has 2 aromatic heterocycles. The molecule has 7 nitrogen and oxygen atoms in total. The molecule has 1 atom stereocenters. The summed E-state index contributed by atoms with van der Waals surface area (Å²) in [5, 5.41) is 0.500. The lowest BCUT2D eigenvalue weighted by atomic mass is 10.1. The number of benzene rings is 2. The molecule has 0 saturated carbocycles. The van der Waals surface area contributed by atoms with Gasteiger partial charge in [0.25, 0.3) is 11.5 Å². The van der Waals surface area contributed by atoms with Gasteiger partial charge in [0, 0.05) is 6.54 Å². The SMILES string of the molecule is CCC(c1nc2ccccc2c(=O)n1-c1ccccc1OC)N(CC(C)C)C(=O)c1ccco1. The quantitative estimate of drug-likeness (QED) is 0.360. The van der Waals surface area contributed by atoms with Crippen LogP contribution in [0.4, 0.5) is 0 Å². The molecule has 176 valence electrons. The highest BCUT2D eigenvalue weighted by Crippen LogP contribution is 2.31. The molecule has 4 aromatic rings. The molecule has 0 radical (unpaired) electrons. The topological polar surface area (TPSA) is 77.6 Å². The molecule has 2 heterocycles. The third kappa shape index (κ3) is 4.33. The number of amides is 1. The van der Waals surface area contributed by atoms with Crippen LogP contribution in [-0.2, 0) is 0 Å². The number of aromatic nitrogens is 2. The van der Waals surface area contributed by atoms with Gasteiger partial charge in [0.1, 0.15) is 11.6 Å². The summed E-state index contributed by atoms with van der Waals surface area (Å²) >= 11 is 0. The molecule has 2 aromatic carbocycles. The Morgan fingerprint density at radius 1 is 1.09 bits per heavy atom. The fourth-order valence-corrected chi connectivity index (χ4v) is 4.25. The lowest BCUT2D eigenvalue weighted by Gasteiger charge is -2.33. The second-order valence-electron chi connectivity index (χ2n) is 8.55. The number of carbonyl (C=O) groups excluding carboxylic acids is 1. The average Bonchev–Trinajstić information content (AvgIpc) is 3.38. The van der Waals surface area contributed by atoms with Gasteiger partial charge in [-0.05, 0) is 48.7 Å². The second-order valence-corrected chi connectivity index (χ2v) is 8.55. The van der Waals surface area contributed by atoms with E-state index in [9.17, 15) is 9.59 Å².